The maximum Gasteiger partial charge on any atom is 0.269 e. The minimum atomic E-state index is -0.470. The third kappa shape index (κ3) is 3.38. The lowest BCUT2D eigenvalue weighted by molar-refractivity contribution is -0.384. The number of rotatable bonds is 4. The fourth-order valence-corrected chi connectivity index (χ4v) is 3.25. The first kappa shape index (κ1) is 16.0. The summed E-state index contributed by atoms with van der Waals surface area (Å²) in [6, 6.07) is 7.89. The molecule has 0 aliphatic rings. The summed E-state index contributed by atoms with van der Waals surface area (Å²) in [5.74, 6) is -0.225. The fraction of sp³-hybridized carbons (Fsp3) is 0.188. The van der Waals surface area contributed by atoms with Crippen LogP contribution < -0.4 is 5.32 Å². The average molecular weight is 342 g/mol. The maximum atomic E-state index is 12.1. The Morgan fingerprint density at radius 3 is 2.62 bits per heavy atom. The zero-order chi connectivity index (χ0) is 17.3. The van der Waals surface area contributed by atoms with Gasteiger partial charge >= 0.3 is 0 Å². The quantitative estimate of drug-likeness (QED) is 0.579. The highest BCUT2D eigenvalue weighted by molar-refractivity contribution is 7.22. The summed E-state index contributed by atoms with van der Waals surface area (Å²) in [7, 11) is 0. The van der Waals surface area contributed by atoms with Crippen LogP contribution in [0.4, 0.5) is 10.8 Å². The number of aromatic nitrogens is 2. The van der Waals surface area contributed by atoms with E-state index in [1.165, 1.54) is 23.5 Å². The molecule has 2 aromatic heterocycles. The highest BCUT2D eigenvalue weighted by Crippen LogP contribution is 2.28. The molecule has 8 heteroatoms. The van der Waals surface area contributed by atoms with Gasteiger partial charge in [0.2, 0.25) is 5.91 Å². The number of non-ortho nitro benzene ring substituents is 1. The molecule has 0 saturated heterocycles. The molecule has 3 rings (SSSR count). The van der Waals surface area contributed by atoms with Crippen LogP contribution in [0.3, 0.4) is 0 Å². The molecule has 0 aliphatic carbocycles. The van der Waals surface area contributed by atoms with Crippen LogP contribution >= 0.6 is 11.3 Å². The number of nitro benzene ring substituents is 1. The Hall–Kier alpha value is -2.87. The number of aryl methyl sites for hydroxylation is 2. The van der Waals surface area contributed by atoms with Gasteiger partial charge in [-0.05, 0) is 31.0 Å². The molecule has 2 heterocycles. The van der Waals surface area contributed by atoms with Gasteiger partial charge < -0.3 is 5.32 Å². The molecule has 0 fully saturated rings. The third-order valence-electron chi connectivity index (χ3n) is 3.43. The predicted molar refractivity (Wildman–Crippen MR) is 92.3 cm³/mol. The van der Waals surface area contributed by atoms with Gasteiger partial charge in [-0.3, -0.25) is 14.9 Å². The number of carbonyl (C=O) groups is 1. The first-order chi connectivity index (χ1) is 11.4. The molecular weight excluding hydrogens is 328 g/mol. The number of anilines is 1. The van der Waals surface area contributed by atoms with Crippen LogP contribution in [0.2, 0.25) is 0 Å². The van der Waals surface area contributed by atoms with Crippen molar-refractivity contribution in [1.29, 1.82) is 0 Å². The van der Waals surface area contributed by atoms with Crippen molar-refractivity contribution >= 4 is 38.4 Å². The number of hydrogen-bond donors (Lipinski definition) is 1. The molecule has 0 bridgehead atoms. The molecule has 0 aliphatic heterocycles. The van der Waals surface area contributed by atoms with Crippen LogP contribution in [0.15, 0.2) is 30.3 Å². The van der Waals surface area contributed by atoms with E-state index in [1.807, 2.05) is 19.9 Å². The molecule has 0 atom stereocenters. The molecule has 7 nitrogen and oxygen atoms in total. The lowest BCUT2D eigenvalue weighted by Gasteiger charge is -2.01. The molecule has 3 aromatic rings. The highest BCUT2D eigenvalue weighted by Gasteiger charge is 2.12. The van der Waals surface area contributed by atoms with E-state index in [0.29, 0.717) is 16.3 Å². The molecule has 0 radical (unpaired) electrons. The van der Waals surface area contributed by atoms with Crippen molar-refractivity contribution in [2.75, 3.05) is 5.32 Å². The molecular formula is C16H14N4O3S. The molecule has 122 valence electrons. The number of amides is 1. The van der Waals surface area contributed by atoms with E-state index in [4.69, 9.17) is 0 Å². The second-order valence-electron chi connectivity index (χ2n) is 5.40. The smallest absolute Gasteiger partial charge is 0.269 e. The molecule has 1 amide bonds. The molecule has 0 saturated carbocycles. The number of nitro groups is 1. The second kappa shape index (κ2) is 6.32. The molecule has 24 heavy (non-hydrogen) atoms. The van der Waals surface area contributed by atoms with Crippen molar-refractivity contribution in [3.8, 4) is 0 Å². The lowest BCUT2D eigenvalue weighted by atomic mass is 10.1. The first-order valence-corrected chi connectivity index (χ1v) is 8.02. The topological polar surface area (TPSA) is 98.0 Å². The Morgan fingerprint density at radius 2 is 1.96 bits per heavy atom. The lowest BCUT2D eigenvalue weighted by Crippen LogP contribution is -2.14. The molecule has 1 aromatic carbocycles. The Labute approximate surface area is 141 Å². The Morgan fingerprint density at radius 1 is 1.25 bits per heavy atom. The zero-order valence-electron chi connectivity index (χ0n) is 13.1. The number of nitrogens with zero attached hydrogens (tertiary/aromatic N) is 3. The summed E-state index contributed by atoms with van der Waals surface area (Å²) < 4.78 is 0.950. The monoisotopic (exact) mass is 342 g/mol. The van der Waals surface area contributed by atoms with Crippen LogP contribution in [-0.2, 0) is 11.2 Å². The first-order valence-electron chi connectivity index (χ1n) is 7.20. The number of nitrogens with one attached hydrogen (secondary N) is 1. The minimum absolute atomic E-state index is 0.00208. The molecule has 1 N–H and O–H groups in total. The van der Waals surface area contributed by atoms with Crippen molar-refractivity contribution < 1.29 is 9.72 Å². The fourth-order valence-electron chi connectivity index (χ4n) is 2.36. The minimum Gasteiger partial charge on any atom is -0.302 e. The van der Waals surface area contributed by atoms with E-state index >= 15 is 0 Å². The van der Waals surface area contributed by atoms with Crippen molar-refractivity contribution in [2.24, 2.45) is 0 Å². The SMILES string of the molecule is Cc1cc(C)c2sc(NC(=O)Cc3ccc([N+](=O)[O-])cc3)nc2n1. The van der Waals surface area contributed by atoms with E-state index in [0.717, 1.165) is 16.0 Å². The number of pyridine rings is 1. The summed E-state index contributed by atoms with van der Waals surface area (Å²) >= 11 is 1.38. The second-order valence-corrected chi connectivity index (χ2v) is 6.40. The summed E-state index contributed by atoms with van der Waals surface area (Å²) in [6.07, 6.45) is 0.124. The van der Waals surface area contributed by atoms with Crippen molar-refractivity contribution in [3.05, 3.63) is 57.3 Å². The summed E-state index contributed by atoms with van der Waals surface area (Å²) in [6.45, 7) is 3.89. The summed E-state index contributed by atoms with van der Waals surface area (Å²) in [5.41, 5.74) is 3.29. The van der Waals surface area contributed by atoms with Crippen LogP contribution in [0, 0.1) is 24.0 Å². The number of carbonyl (C=O) groups excluding carboxylic acids is 1. The molecule has 0 unspecified atom stereocenters. The number of fused-ring (bicyclic) bond motifs is 1. The third-order valence-corrected chi connectivity index (χ3v) is 4.53. The van der Waals surface area contributed by atoms with E-state index < -0.39 is 4.92 Å². The average Bonchev–Trinajstić information content (AvgIpc) is 2.90. The van der Waals surface area contributed by atoms with Gasteiger partial charge in [-0.15, -0.1) is 0 Å². The van der Waals surface area contributed by atoms with Gasteiger partial charge in [0.25, 0.3) is 5.69 Å². The van der Waals surface area contributed by atoms with E-state index in [-0.39, 0.29) is 18.0 Å². The summed E-state index contributed by atoms with van der Waals surface area (Å²) in [5, 5.41) is 13.9. The van der Waals surface area contributed by atoms with Crippen LogP contribution in [-0.4, -0.2) is 20.8 Å². The van der Waals surface area contributed by atoms with E-state index in [1.54, 1.807) is 12.1 Å². The predicted octanol–water partition coefficient (Wildman–Crippen LogP) is 3.40. The van der Waals surface area contributed by atoms with Crippen LogP contribution in [0.1, 0.15) is 16.8 Å². The van der Waals surface area contributed by atoms with Crippen molar-refractivity contribution in [2.45, 2.75) is 20.3 Å². The maximum absolute atomic E-state index is 12.1. The van der Waals surface area contributed by atoms with Crippen LogP contribution in [0.5, 0.6) is 0 Å². The van der Waals surface area contributed by atoms with Crippen molar-refractivity contribution in [1.82, 2.24) is 9.97 Å². The normalized spacial score (nSPS) is 10.8. The summed E-state index contributed by atoms with van der Waals surface area (Å²) in [4.78, 5) is 31.0. The van der Waals surface area contributed by atoms with Gasteiger partial charge in [-0.1, -0.05) is 23.5 Å². The zero-order valence-corrected chi connectivity index (χ0v) is 13.9. The van der Waals surface area contributed by atoms with Gasteiger partial charge in [-0.25, -0.2) is 4.98 Å². The number of benzene rings is 1. The van der Waals surface area contributed by atoms with Gasteiger partial charge in [0.1, 0.15) is 0 Å². The number of hydrogen-bond acceptors (Lipinski definition) is 6. The Kier molecular flexibility index (Phi) is 4.22. The van der Waals surface area contributed by atoms with Gasteiger partial charge in [-0.2, -0.15) is 4.98 Å². The molecule has 0 spiro atoms. The highest BCUT2D eigenvalue weighted by atomic mass is 32.1. The Bertz CT molecular complexity index is 934. The van der Waals surface area contributed by atoms with Crippen LogP contribution in [0.25, 0.3) is 10.3 Å². The van der Waals surface area contributed by atoms with Gasteiger partial charge in [0.05, 0.1) is 16.0 Å². The standard InChI is InChI=1S/C16H14N4O3S/c1-9-7-10(2)17-15-14(9)24-16(19-15)18-13(21)8-11-3-5-12(6-4-11)20(22)23/h3-7H,8H2,1-2H3,(H,17,18,19,21). The number of thiazole rings is 1. The Balaban J connectivity index is 1.72. The van der Waals surface area contributed by atoms with Gasteiger partial charge in [0, 0.05) is 17.8 Å². The van der Waals surface area contributed by atoms with Crippen molar-refractivity contribution in [3.63, 3.8) is 0 Å². The van der Waals surface area contributed by atoms with E-state index in [2.05, 4.69) is 15.3 Å². The van der Waals surface area contributed by atoms with Gasteiger partial charge in [0.15, 0.2) is 10.8 Å². The largest absolute Gasteiger partial charge is 0.302 e. The van der Waals surface area contributed by atoms with E-state index in [9.17, 15) is 14.9 Å².